The van der Waals surface area contributed by atoms with Gasteiger partial charge in [0.1, 0.15) is 0 Å². The second-order valence-corrected chi connectivity index (χ2v) is 8.29. The van der Waals surface area contributed by atoms with Gasteiger partial charge in [-0.15, -0.1) is 0 Å². The van der Waals surface area contributed by atoms with Gasteiger partial charge in [-0.05, 0) is 50.0 Å². The Labute approximate surface area is 157 Å². The fraction of sp³-hybridized carbons (Fsp3) is 0.714. The number of ether oxygens (including phenoxy) is 1. The lowest BCUT2D eigenvalue weighted by molar-refractivity contribution is 0.00635. The zero-order valence-corrected chi connectivity index (χ0v) is 15.9. The number of hydrogen-bond donors (Lipinski definition) is 1. The van der Waals surface area contributed by atoms with Gasteiger partial charge in [-0.25, -0.2) is 0 Å². The van der Waals surface area contributed by atoms with Gasteiger partial charge in [0.2, 0.25) is 0 Å². The summed E-state index contributed by atoms with van der Waals surface area (Å²) in [5.74, 6) is 0. The topological polar surface area (TPSA) is 39.2 Å². The predicted molar refractivity (Wildman–Crippen MR) is 105 cm³/mol. The van der Waals surface area contributed by atoms with Gasteiger partial charge in [0.05, 0.1) is 18.8 Å². The molecule has 5 heteroatoms. The highest BCUT2D eigenvalue weighted by molar-refractivity contribution is 5.49. The summed E-state index contributed by atoms with van der Waals surface area (Å²) in [5, 5.41) is 11.0. The maximum Gasteiger partial charge on any atom is 0.0912 e. The van der Waals surface area contributed by atoms with Gasteiger partial charge in [0.15, 0.2) is 0 Å². The van der Waals surface area contributed by atoms with Crippen LogP contribution in [0.5, 0.6) is 0 Å². The van der Waals surface area contributed by atoms with Crippen LogP contribution >= 0.6 is 0 Å². The zero-order valence-electron chi connectivity index (χ0n) is 15.9. The van der Waals surface area contributed by atoms with Crippen LogP contribution in [-0.2, 0) is 11.3 Å². The monoisotopic (exact) mass is 359 g/mol. The van der Waals surface area contributed by atoms with E-state index in [-0.39, 0.29) is 0 Å². The Bertz CT molecular complexity index is 584. The summed E-state index contributed by atoms with van der Waals surface area (Å²) in [4.78, 5) is 7.29. The zero-order chi connectivity index (χ0) is 17.8. The quantitative estimate of drug-likeness (QED) is 0.870. The van der Waals surface area contributed by atoms with Gasteiger partial charge in [-0.3, -0.25) is 4.90 Å². The minimum atomic E-state index is -0.529. The predicted octanol–water partition coefficient (Wildman–Crippen LogP) is 1.95. The van der Waals surface area contributed by atoms with E-state index in [2.05, 4.69) is 39.0 Å². The number of β-amino-alcohol motifs (C(OH)–C–C–N with tert-alkyl or cyclic N) is 1. The lowest BCUT2D eigenvalue weighted by Crippen LogP contribution is -2.46. The number of likely N-dealkylation sites (tertiary alicyclic amines) is 2. The lowest BCUT2D eigenvalue weighted by atomic mass is 10.0. The first-order valence-electron chi connectivity index (χ1n) is 10.3. The summed E-state index contributed by atoms with van der Waals surface area (Å²) >= 11 is 0. The van der Waals surface area contributed by atoms with Gasteiger partial charge in [-0.2, -0.15) is 0 Å². The minimum Gasteiger partial charge on any atom is -0.387 e. The highest BCUT2D eigenvalue weighted by Gasteiger charge is 2.37. The van der Waals surface area contributed by atoms with Crippen LogP contribution in [0.4, 0.5) is 5.69 Å². The van der Waals surface area contributed by atoms with E-state index in [0.717, 1.165) is 72.0 Å². The van der Waals surface area contributed by atoms with Crippen LogP contribution in [0.3, 0.4) is 0 Å². The Morgan fingerprint density at radius 2 is 1.77 bits per heavy atom. The summed E-state index contributed by atoms with van der Waals surface area (Å²) in [6.07, 6.45) is 4.81. The Morgan fingerprint density at radius 1 is 0.962 bits per heavy atom. The Balaban J connectivity index is 1.33. The van der Waals surface area contributed by atoms with Crippen LogP contribution < -0.4 is 4.90 Å². The molecule has 0 radical (unpaired) electrons. The number of nitrogens with zero attached hydrogens (tertiary/aromatic N) is 3. The molecule has 4 rings (SSSR count). The fourth-order valence-electron chi connectivity index (χ4n) is 4.67. The second-order valence-electron chi connectivity index (χ2n) is 8.29. The molecule has 0 aromatic heterocycles. The summed E-state index contributed by atoms with van der Waals surface area (Å²) in [6.45, 7) is 9.47. The van der Waals surface area contributed by atoms with E-state index in [1.54, 1.807) is 0 Å². The van der Waals surface area contributed by atoms with Crippen molar-refractivity contribution in [3.63, 3.8) is 0 Å². The van der Waals surface area contributed by atoms with Crippen molar-refractivity contribution in [2.24, 2.45) is 0 Å². The molecule has 0 aliphatic carbocycles. The SMILES string of the molecule is O[C@]1(CN2CCCCC2)CCN(Cc2cccc(N3CCOCC3)c2)C1. The molecule has 3 heterocycles. The average molecular weight is 360 g/mol. The van der Waals surface area contributed by atoms with Crippen molar-refractivity contribution in [3.05, 3.63) is 29.8 Å². The molecule has 0 amide bonds. The maximum absolute atomic E-state index is 11.0. The standard InChI is InChI=1S/C21H33N3O2/c25-21(17-22-8-2-1-3-9-22)7-10-23(18-21)16-19-5-4-6-20(15-19)24-11-13-26-14-12-24/h4-6,15,25H,1-3,7-14,16-18H2/t21-/m0/s1. The minimum absolute atomic E-state index is 0.529. The van der Waals surface area contributed by atoms with E-state index in [4.69, 9.17) is 4.74 Å². The summed E-state index contributed by atoms with van der Waals surface area (Å²) < 4.78 is 5.46. The van der Waals surface area contributed by atoms with E-state index in [9.17, 15) is 5.11 Å². The number of hydrogen-bond acceptors (Lipinski definition) is 5. The molecule has 1 aromatic rings. The molecule has 3 fully saturated rings. The molecular weight excluding hydrogens is 326 g/mol. The van der Waals surface area contributed by atoms with Crippen LogP contribution in [0.2, 0.25) is 0 Å². The number of aliphatic hydroxyl groups is 1. The third-order valence-corrected chi connectivity index (χ3v) is 6.07. The highest BCUT2D eigenvalue weighted by Crippen LogP contribution is 2.26. The van der Waals surface area contributed by atoms with Crippen molar-refractivity contribution in [3.8, 4) is 0 Å². The number of anilines is 1. The smallest absolute Gasteiger partial charge is 0.0912 e. The third kappa shape index (κ3) is 4.58. The van der Waals surface area contributed by atoms with Crippen LogP contribution in [0.15, 0.2) is 24.3 Å². The second kappa shape index (κ2) is 8.26. The summed E-state index contributed by atoms with van der Waals surface area (Å²) in [7, 11) is 0. The molecule has 3 aliphatic heterocycles. The van der Waals surface area contributed by atoms with Crippen LogP contribution in [-0.4, -0.2) is 79.5 Å². The first kappa shape index (κ1) is 18.2. The van der Waals surface area contributed by atoms with Crippen LogP contribution in [0, 0.1) is 0 Å². The van der Waals surface area contributed by atoms with Gasteiger partial charge in [0, 0.05) is 45.0 Å². The fourth-order valence-corrected chi connectivity index (χ4v) is 4.67. The first-order valence-corrected chi connectivity index (χ1v) is 10.3. The Kier molecular flexibility index (Phi) is 5.79. The van der Waals surface area contributed by atoms with Gasteiger partial charge in [-0.1, -0.05) is 18.6 Å². The van der Waals surface area contributed by atoms with Crippen LogP contribution in [0.1, 0.15) is 31.2 Å². The van der Waals surface area contributed by atoms with Crippen molar-refractivity contribution in [2.75, 3.05) is 63.9 Å². The molecule has 3 aliphatic rings. The van der Waals surface area contributed by atoms with Crippen LogP contribution in [0.25, 0.3) is 0 Å². The molecule has 0 unspecified atom stereocenters. The maximum atomic E-state index is 11.0. The normalized spacial score (nSPS) is 28.6. The van der Waals surface area contributed by atoms with Crippen molar-refractivity contribution >= 4 is 5.69 Å². The van der Waals surface area contributed by atoms with Gasteiger partial charge < -0.3 is 19.6 Å². The first-order chi connectivity index (χ1) is 12.7. The molecular formula is C21H33N3O2. The van der Waals surface area contributed by atoms with E-state index in [0.29, 0.717) is 0 Å². The molecule has 0 saturated carbocycles. The van der Waals surface area contributed by atoms with E-state index in [1.165, 1.54) is 30.5 Å². The van der Waals surface area contributed by atoms with E-state index in [1.807, 2.05) is 0 Å². The summed E-state index contributed by atoms with van der Waals surface area (Å²) in [5.41, 5.74) is 2.11. The molecule has 5 nitrogen and oxygen atoms in total. The molecule has 26 heavy (non-hydrogen) atoms. The number of morpholine rings is 1. The molecule has 0 spiro atoms. The van der Waals surface area contributed by atoms with Gasteiger partial charge in [0.25, 0.3) is 0 Å². The molecule has 1 N–H and O–H groups in total. The van der Waals surface area contributed by atoms with Crippen molar-refractivity contribution < 1.29 is 9.84 Å². The lowest BCUT2D eigenvalue weighted by Gasteiger charge is -2.34. The number of benzene rings is 1. The molecule has 3 saturated heterocycles. The molecule has 0 bridgehead atoms. The third-order valence-electron chi connectivity index (χ3n) is 6.07. The van der Waals surface area contributed by atoms with Crippen molar-refractivity contribution in [1.29, 1.82) is 0 Å². The molecule has 1 atom stereocenters. The summed E-state index contributed by atoms with van der Waals surface area (Å²) in [6, 6.07) is 8.89. The largest absolute Gasteiger partial charge is 0.387 e. The van der Waals surface area contributed by atoms with Crippen molar-refractivity contribution in [2.45, 2.75) is 37.8 Å². The van der Waals surface area contributed by atoms with Crippen molar-refractivity contribution in [1.82, 2.24) is 9.80 Å². The molecule has 144 valence electrons. The Morgan fingerprint density at radius 3 is 2.58 bits per heavy atom. The average Bonchev–Trinajstić information content (AvgIpc) is 3.03. The number of piperidine rings is 1. The van der Waals surface area contributed by atoms with E-state index < -0.39 is 5.60 Å². The molecule has 1 aromatic carbocycles. The number of rotatable bonds is 5. The van der Waals surface area contributed by atoms with E-state index >= 15 is 0 Å². The Hall–Kier alpha value is -1.14. The van der Waals surface area contributed by atoms with Gasteiger partial charge >= 0.3 is 0 Å². The highest BCUT2D eigenvalue weighted by atomic mass is 16.5.